The van der Waals surface area contributed by atoms with Crippen molar-refractivity contribution in [2.24, 2.45) is 0 Å². The SMILES string of the molecule is Nc1[nH][nH]c(=O)c1N1CCN(c2cc(C(F)(F)F)cc3cncn23)CC1. The lowest BCUT2D eigenvalue weighted by Gasteiger charge is -2.36. The summed E-state index contributed by atoms with van der Waals surface area (Å²) in [5.41, 5.74) is 5.48. The number of aromatic amines is 2. The number of nitrogens with one attached hydrogen (secondary N) is 2. The van der Waals surface area contributed by atoms with Gasteiger partial charge in [-0.15, -0.1) is 0 Å². The molecular formula is C15H16F3N7O. The lowest BCUT2D eigenvalue weighted by Crippen LogP contribution is -2.48. The predicted molar refractivity (Wildman–Crippen MR) is 90.4 cm³/mol. The van der Waals surface area contributed by atoms with Crippen LogP contribution in [-0.2, 0) is 6.18 Å². The highest BCUT2D eigenvalue weighted by molar-refractivity contribution is 5.63. The van der Waals surface area contributed by atoms with Crippen LogP contribution in [0.5, 0.6) is 0 Å². The van der Waals surface area contributed by atoms with E-state index in [1.807, 2.05) is 9.80 Å². The molecule has 0 saturated carbocycles. The van der Waals surface area contributed by atoms with Crippen LogP contribution in [0.4, 0.5) is 30.5 Å². The van der Waals surface area contributed by atoms with Crippen LogP contribution < -0.4 is 21.1 Å². The lowest BCUT2D eigenvalue weighted by atomic mass is 10.2. The number of H-pyrrole nitrogens is 2. The van der Waals surface area contributed by atoms with Crippen LogP contribution in [0.3, 0.4) is 0 Å². The monoisotopic (exact) mass is 367 g/mol. The molecular weight excluding hydrogens is 351 g/mol. The van der Waals surface area contributed by atoms with Crippen LogP contribution in [0.25, 0.3) is 5.52 Å². The topological polar surface area (TPSA) is 98.4 Å². The Morgan fingerprint density at radius 1 is 1.08 bits per heavy atom. The number of hydrogen-bond acceptors (Lipinski definition) is 5. The maximum Gasteiger partial charge on any atom is 0.416 e. The van der Waals surface area contributed by atoms with Gasteiger partial charge in [-0.25, -0.2) is 4.98 Å². The summed E-state index contributed by atoms with van der Waals surface area (Å²) in [5.74, 6) is 0.669. The summed E-state index contributed by atoms with van der Waals surface area (Å²) < 4.78 is 41.2. The van der Waals surface area contributed by atoms with Crippen LogP contribution in [0, 0.1) is 0 Å². The molecule has 0 radical (unpaired) electrons. The van der Waals surface area contributed by atoms with Crippen molar-refractivity contribution in [2.45, 2.75) is 6.18 Å². The highest BCUT2D eigenvalue weighted by Gasteiger charge is 2.33. The standard InChI is InChI=1S/C15H16F3N7O/c16-15(17,18)9-5-10-7-20-8-25(10)11(6-9)23-1-3-24(4-2-23)12-13(19)21-22-14(12)26/h5-8H,1-4H2,(H4,19,21,22,26). The fourth-order valence-electron chi connectivity index (χ4n) is 3.26. The first-order chi connectivity index (χ1) is 12.3. The third kappa shape index (κ3) is 2.65. The molecule has 3 aromatic rings. The second kappa shape index (κ2) is 5.71. The first-order valence-electron chi connectivity index (χ1n) is 7.94. The lowest BCUT2D eigenvalue weighted by molar-refractivity contribution is -0.137. The van der Waals surface area contributed by atoms with Gasteiger partial charge in [-0.05, 0) is 12.1 Å². The van der Waals surface area contributed by atoms with Gasteiger partial charge in [-0.2, -0.15) is 13.2 Å². The van der Waals surface area contributed by atoms with E-state index in [9.17, 15) is 18.0 Å². The molecule has 8 nitrogen and oxygen atoms in total. The van der Waals surface area contributed by atoms with Crippen molar-refractivity contribution in [1.82, 2.24) is 19.6 Å². The first-order valence-corrected chi connectivity index (χ1v) is 7.94. The Hall–Kier alpha value is -3.11. The van der Waals surface area contributed by atoms with E-state index < -0.39 is 11.7 Å². The number of nitrogen functional groups attached to an aromatic ring is 1. The summed E-state index contributed by atoms with van der Waals surface area (Å²) >= 11 is 0. The van der Waals surface area contributed by atoms with Gasteiger partial charge in [0.15, 0.2) is 0 Å². The Bertz CT molecular complexity index is 995. The van der Waals surface area contributed by atoms with Gasteiger partial charge in [0.05, 0.1) is 17.3 Å². The highest BCUT2D eigenvalue weighted by Crippen LogP contribution is 2.33. The Labute approximate surface area is 145 Å². The second-order valence-electron chi connectivity index (χ2n) is 6.10. The van der Waals surface area contributed by atoms with Crippen molar-refractivity contribution in [3.05, 3.63) is 40.6 Å². The Balaban J connectivity index is 1.64. The van der Waals surface area contributed by atoms with Gasteiger partial charge in [-0.3, -0.25) is 19.4 Å². The zero-order valence-corrected chi connectivity index (χ0v) is 13.5. The van der Waals surface area contributed by atoms with Crippen LogP contribution in [0.2, 0.25) is 0 Å². The van der Waals surface area contributed by atoms with Crippen molar-refractivity contribution >= 4 is 22.8 Å². The quantitative estimate of drug-likeness (QED) is 0.634. The summed E-state index contributed by atoms with van der Waals surface area (Å²) in [7, 11) is 0. The van der Waals surface area contributed by atoms with Crippen LogP contribution in [-0.4, -0.2) is 45.8 Å². The van der Waals surface area contributed by atoms with E-state index in [2.05, 4.69) is 15.2 Å². The maximum atomic E-state index is 13.2. The molecule has 0 amide bonds. The zero-order valence-electron chi connectivity index (χ0n) is 13.5. The normalized spacial score (nSPS) is 15.8. The number of halogens is 3. The smallest absolute Gasteiger partial charge is 0.382 e. The summed E-state index contributed by atoms with van der Waals surface area (Å²) in [4.78, 5) is 19.4. The van der Waals surface area contributed by atoms with Crippen LogP contribution >= 0.6 is 0 Å². The molecule has 4 heterocycles. The summed E-state index contributed by atoms with van der Waals surface area (Å²) in [5, 5.41) is 4.99. The van der Waals surface area contributed by atoms with E-state index in [0.29, 0.717) is 43.2 Å². The van der Waals surface area contributed by atoms with E-state index in [4.69, 9.17) is 5.73 Å². The van der Waals surface area contributed by atoms with E-state index in [1.165, 1.54) is 12.5 Å². The van der Waals surface area contributed by atoms with Crippen molar-refractivity contribution in [1.29, 1.82) is 0 Å². The summed E-state index contributed by atoms with van der Waals surface area (Å²) in [6.45, 7) is 1.80. The van der Waals surface area contributed by atoms with Crippen molar-refractivity contribution in [2.75, 3.05) is 41.7 Å². The van der Waals surface area contributed by atoms with Gasteiger partial charge >= 0.3 is 6.18 Å². The van der Waals surface area contributed by atoms with Crippen LogP contribution in [0.15, 0.2) is 29.5 Å². The van der Waals surface area contributed by atoms with Crippen molar-refractivity contribution in [3.8, 4) is 0 Å². The molecule has 1 aliphatic rings. The molecule has 0 bridgehead atoms. The fraction of sp³-hybridized carbons (Fsp3) is 0.333. The third-order valence-corrected chi connectivity index (χ3v) is 4.53. The third-order valence-electron chi connectivity index (χ3n) is 4.53. The number of rotatable bonds is 2. The molecule has 3 aromatic heterocycles. The summed E-state index contributed by atoms with van der Waals surface area (Å²) in [6, 6.07) is 2.20. The molecule has 138 valence electrons. The molecule has 0 aliphatic carbocycles. The molecule has 0 aromatic carbocycles. The molecule has 4 rings (SSSR count). The molecule has 0 unspecified atom stereocenters. The predicted octanol–water partition coefficient (Wildman–Crippen LogP) is 1.28. The van der Waals surface area contributed by atoms with E-state index in [-0.39, 0.29) is 11.4 Å². The maximum absolute atomic E-state index is 13.2. The van der Waals surface area contributed by atoms with Gasteiger partial charge in [0.25, 0.3) is 5.56 Å². The molecule has 1 fully saturated rings. The van der Waals surface area contributed by atoms with Crippen LogP contribution in [0.1, 0.15) is 5.56 Å². The van der Waals surface area contributed by atoms with Crippen molar-refractivity contribution in [3.63, 3.8) is 0 Å². The Morgan fingerprint density at radius 3 is 2.38 bits per heavy atom. The number of pyridine rings is 1. The largest absolute Gasteiger partial charge is 0.416 e. The van der Waals surface area contributed by atoms with Gasteiger partial charge in [-0.1, -0.05) is 0 Å². The second-order valence-corrected chi connectivity index (χ2v) is 6.10. The van der Waals surface area contributed by atoms with Crippen molar-refractivity contribution < 1.29 is 13.2 Å². The summed E-state index contributed by atoms with van der Waals surface area (Å²) in [6.07, 6.45) is -1.55. The fourth-order valence-corrected chi connectivity index (χ4v) is 3.26. The van der Waals surface area contributed by atoms with Gasteiger partial charge < -0.3 is 15.5 Å². The number of imidazole rings is 1. The number of hydrogen-bond donors (Lipinski definition) is 3. The zero-order chi connectivity index (χ0) is 18.5. The Morgan fingerprint density at radius 2 is 1.77 bits per heavy atom. The average Bonchev–Trinajstić information content (AvgIpc) is 3.20. The molecule has 0 spiro atoms. The number of piperazine rings is 1. The number of aromatic nitrogens is 4. The highest BCUT2D eigenvalue weighted by atomic mass is 19.4. The molecule has 0 atom stereocenters. The van der Waals surface area contributed by atoms with Gasteiger partial charge in [0.1, 0.15) is 23.7 Å². The Kier molecular flexibility index (Phi) is 3.60. The molecule has 4 N–H and O–H groups in total. The first kappa shape index (κ1) is 16.4. The number of anilines is 3. The molecule has 1 aliphatic heterocycles. The van der Waals surface area contributed by atoms with Gasteiger partial charge in [0, 0.05) is 26.2 Å². The number of nitrogens with zero attached hydrogens (tertiary/aromatic N) is 4. The van der Waals surface area contributed by atoms with Gasteiger partial charge in [0.2, 0.25) is 0 Å². The van der Waals surface area contributed by atoms with E-state index in [1.54, 1.807) is 4.40 Å². The molecule has 26 heavy (non-hydrogen) atoms. The molecule has 1 saturated heterocycles. The number of alkyl halides is 3. The minimum absolute atomic E-state index is 0.250. The minimum atomic E-state index is -4.44. The average molecular weight is 367 g/mol. The molecule has 11 heteroatoms. The minimum Gasteiger partial charge on any atom is -0.382 e. The van der Waals surface area contributed by atoms with E-state index in [0.717, 1.165) is 12.1 Å². The number of fused-ring (bicyclic) bond motifs is 1. The number of nitrogens with two attached hydrogens (primary N) is 1. The van der Waals surface area contributed by atoms with E-state index >= 15 is 0 Å².